The lowest BCUT2D eigenvalue weighted by molar-refractivity contribution is -0.124. The quantitative estimate of drug-likeness (QED) is 0.803. The zero-order valence-corrected chi connectivity index (χ0v) is 10.4. The Balaban J connectivity index is 2.42. The molecule has 0 saturated heterocycles. The van der Waals surface area contributed by atoms with Crippen LogP contribution in [0.3, 0.4) is 0 Å². The molecule has 0 amide bonds. The van der Waals surface area contributed by atoms with Gasteiger partial charge < -0.3 is 10.2 Å². The van der Waals surface area contributed by atoms with Crippen LogP contribution in [0.5, 0.6) is 0 Å². The maximum absolute atomic E-state index is 10.1. The lowest BCUT2D eigenvalue weighted by Gasteiger charge is -2.35. The fourth-order valence-electron chi connectivity index (χ4n) is 1.59. The summed E-state index contributed by atoms with van der Waals surface area (Å²) in [7, 11) is 0. The summed E-state index contributed by atoms with van der Waals surface area (Å²) in [5, 5.41) is 19.9. The summed E-state index contributed by atoms with van der Waals surface area (Å²) in [6.45, 7) is 4.99. The van der Waals surface area contributed by atoms with Crippen LogP contribution in [0.4, 0.5) is 0 Å². The number of hydrogen-bond donors (Lipinski definition) is 2. The van der Waals surface area contributed by atoms with Gasteiger partial charge in [0.2, 0.25) is 0 Å². The molecule has 0 aliphatic carbocycles. The van der Waals surface area contributed by atoms with Gasteiger partial charge in [-0.1, -0.05) is 30.3 Å². The Morgan fingerprint density at radius 2 is 1.56 bits per heavy atom. The van der Waals surface area contributed by atoms with E-state index in [0.717, 1.165) is 12.8 Å². The van der Waals surface area contributed by atoms with Crippen molar-refractivity contribution < 1.29 is 10.2 Å². The molecule has 0 saturated carbocycles. The van der Waals surface area contributed by atoms with Crippen LogP contribution < -0.4 is 0 Å². The number of aryl methyl sites for hydroxylation is 1. The summed E-state index contributed by atoms with van der Waals surface area (Å²) in [5.74, 6) is 0. The molecule has 1 atom stereocenters. The first-order valence-electron chi connectivity index (χ1n) is 5.82. The van der Waals surface area contributed by atoms with Crippen molar-refractivity contribution >= 4 is 0 Å². The van der Waals surface area contributed by atoms with Gasteiger partial charge >= 0.3 is 0 Å². The van der Waals surface area contributed by atoms with Crippen LogP contribution in [0.15, 0.2) is 30.3 Å². The standard InChI is InChI=1S/C14H22O2/c1-13(2,15)14(3,16)11-7-10-12-8-5-4-6-9-12/h4-6,8-9,15-16H,7,10-11H2,1-3H3. The first-order valence-corrected chi connectivity index (χ1v) is 5.82. The second kappa shape index (κ2) is 4.98. The number of hydrogen-bond acceptors (Lipinski definition) is 2. The normalized spacial score (nSPS) is 15.8. The minimum Gasteiger partial charge on any atom is -0.387 e. The summed E-state index contributed by atoms with van der Waals surface area (Å²) >= 11 is 0. The first-order chi connectivity index (χ1) is 7.33. The molecule has 0 radical (unpaired) electrons. The molecular weight excluding hydrogens is 200 g/mol. The van der Waals surface area contributed by atoms with Crippen molar-refractivity contribution in [2.75, 3.05) is 0 Å². The van der Waals surface area contributed by atoms with Crippen molar-refractivity contribution in [1.29, 1.82) is 0 Å². The molecule has 2 N–H and O–H groups in total. The minimum absolute atomic E-state index is 0.603. The number of rotatable bonds is 5. The molecule has 2 nitrogen and oxygen atoms in total. The van der Waals surface area contributed by atoms with E-state index >= 15 is 0 Å². The van der Waals surface area contributed by atoms with Gasteiger partial charge in [-0.3, -0.25) is 0 Å². The van der Waals surface area contributed by atoms with Gasteiger partial charge in [-0.05, 0) is 45.6 Å². The van der Waals surface area contributed by atoms with Gasteiger partial charge in [0.15, 0.2) is 0 Å². The van der Waals surface area contributed by atoms with E-state index in [9.17, 15) is 10.2 Å². The van der Waals surface area contributed by atoms with Crippen molar-refractivity contribution in [1.82, 2.24) is 0 Å². The monoisotopic (exact) mass is 222 g/mol. The molecule has 1 unspecified atom stereocenters. The Morgan fingerprint density at radius 3 is 2.06 bits per heavy atom. The molecule has 0 aromatic heterocycles. The van der Waals surface area contributed by atoms with Crippen molar-refractivity contribution in [3.8, 4) is 0 Å². The zero-order chi connectivity index (χ0) is 12.2. The van der Waals surface area contributed by atoms with Gasteiger partial charge in [0, 0.05) is 0 Å². The molecule has 0 heterocycles. The Morgan fingerprint density at radius 1 is 1.00 bits per heavy atom. The molecule has 0 spiro atoms. The Hall–Kier alpha value is -0.860. The molecule has 90 valence electrons. The van der Waals surface area contributed by atoms with Crippen LogP contribution >= 0.6 is 0 Å². The molecule has 2 heteroatoms. The second-order valence-corrected chi connectivity index (χ2v) is 5.17. The average molecular weight is 222 g/mol. The molecule has 16 heavy (non-hydrogen) atoms. The van der Waals surface area contributed by atoms with Crippen LogP contribution in [-0.4, -0.2) is 21.4 Å². The lowest BCUT2D eigenvalue weighted by atomic mass is 9.83. The number of aliphatic hydroxyl groups is 2. The number of benzene rings is 1. The van der Waals surface area contributed by atoms with Crippen molar-refractivity contribution in [3.05, 3.63) is 35.9 Å². The molecule has 1 aromatic rings. The van der Waals surface area contributed by atoms with Gasteiger partial charge in [0.25, 0.3) is 0 Å². The SMILES string of the molecule is CC(C)(O)C(C)(O)CCCc1ccccc1. The van der Waals surface area contributed by atoms with E-state index in [1.807, 2.05) is 18.2 Å². The summed E-state index contributed by atoms with van der Waals surface area (Å²) in [5.41, 5.74) is -0.806. The summed E-state index contributed by atoms with van der Waals surface area (Å²) in [6, 6.07) is 10.2. The van der Waals surface area contributed by atoms with Crippen LogP contribution in [0, 0.1) is 0 Å². The fraction of sp³-hybridized carbons (Fsp3) is 0.571. The van der Waals surface area contributed by atoms with E-state index in [1.54, 1.807) is 20.8 Å². The lowest BCUT2D eigenvalue weighted by Crippen LogP contribution is -2.47. The van der Waals surface area contributed by atoms with Crippen LogP contribution in [-0.2, 0) is 6.42 Å². The van der Waals surface area contributed by atoms with Crippen molar-refractivity contribution in [2.24, 2.45) is 0 Å². The Bertz CT molecular complexity index is 309. The molecule has 0 aliphatic rings. The highest BCUT2D eigenvalue weighted by molar-refractivity contribution is 5.14. The third-order valence-corrected chi connectivity index (χ3v) is 3.29. The molecule has 0 aliphatic heterocycles. The van der Waals surface area contributed by atoms with Gasteiger partial charge in [0.1, 0.15) is 0 Å². The van der Waals surface area contributed by atoms with E-state index in [2.05, 4.69) is 12.1 Å². The predicted molar refractivity (Wildman–Crippen MR) is 66.3 cm³/mol. The van der Waals surface area contributed by atoms with Crippen LogP contribution in [0.25, 0.3) is 0 Å². The summed E-state index contributed by atoms with van der Waals surface area (Å²) < 4.78 is 0. The van der Waals surface area contributed by atoms with Gasteiger partial charge in [-0.15, -0.1) is 0 Å². The Kier molecular flexibility index (Phi) is 4.11. The molecule has 1 aromatic carbocycles. The largest absolute Gasteiger partial charge is 0.387 e. The Labute approximate surface area is 97.9 Å². The second-order valence-electron chi connectivity index (χ2n) is 5.17. The average Bonchev–Trinajstić information content (AvgIpc) is 2.17. The maximum atomic E-state index is 10.1. The third-order valence-electron chi connectivity index (χ3n) is 3.29. The highest BCUT2D eigenvalue weighted by Crippen LogP contribution is 2.26. The van der Waals surface area contributed by atoms with Crippen LogP contribution in [0.2, 0.25) is 0 Å². The van der Waals surface area contributed by atoms with Gasteiger partial charge in [-0.2, -0.15) is 0 Å². The van der Waals surface area contributed by atoms with Crippen molar-refractivity contribution in [3.63, 3.8) is 0 Å². The van der Waals surface area contributed by atoms with Gasteiger partial charge in [-0.25, -0.2) is 0 Å². The summed E-state index contributed by atoms with van der Waals surface area (Å²) in [6.07, 6.45) is 2.42. The smallest absolute Gasteiger partial charge is 0.0900 e. The highest BCUT2D eigenvalue weighted by atomic mass is 16.3. The van der Waals surface area contributed by atoms with Crippen molar-refractivity contribution in [2.45, 2.75) is 51.2 Å². The van der Waals surface area contributed by atoms with E-state index in [1.165, 1.54) is 5.56 Å². The molecule has 0 bridgehead atoms. The molecule has 0 fully saturated rings. The fourth-order valence-corrected chi connectivity index (χ4v) is 1.59. The maximum Gasteiger partial charge on any atom is 0.0900 e. The third kappa shape index (κ3) is 3.62. The topological polar surface area (TPSA) is 40.5 Å². The van der Waals surface area contributed by atoms with E-state index in [-0.39, 0.29) is 0 Å². The van der Waals surface area contributed by atoms with Gasteiger partial charge in [0.05, 0.1) is 11.2 Å². The predicted octanol–water partition coefficient (Wildman–Crippen LogP) is 2.53. The summed E-state index contributed by atoms with van der Waals surface area (Å²) in [4.78, 5) is 0. The zero-order valence-electron chi connectivity index (χ0n) is 10.4. The molecule has 1 rings (SSSR count). The van der Waals surface area contributed by atoms with E-state index < -0.39 is 11.2 Å². The minimum atomic E-state index is -1.05. The van der Waals surface area contributed by atoms with Crippen LogP contribution in [0.1, 0.15) is 39.2 Å². The van der Waals surface area contributed by atoms with E-state index in [4.69, 9.17) is 0 Å². The highest BCUT2D eigenvalue weighted by Gasteiger charge is 2.36. The first kappa shape index (κ1) is 13.2. The van der Waals surface area contributed by atoms with E-state index in [0.29, 0.717) is 6.42 Å². The molecular formula is C14H22O2.